The van der Waals surface area contributed by atoms with Gasteiger partial charge in [0.25, 0.3) is 0 Å². The monoisotopic (exact) mass is 324 g/mol. The molecular formula is C16H24N2O3S. The average molecular weight is 324 g/mol. The van der Waals surface area contributed by atoms with Gasteiger partial charge in [0, 0.05) is 29.7 Å². The number of carbonyl (C=O) groups is 1. The zero-order valence-corrected chi connectivity index (χ0v) is 14.0. The van der Waals surface area contributed by atoms with E-state index in [4.69, 9.17) is 9.47 Å². The van der Waals surface area contributed by atoms with Crippen molar-refractivity contribution in [2.45, 2.75) is 30.2 Å². The summed E-state index contributed by atoms with van der Waals surface area (Å²) in [6.45, 7) is 1.80. The van der Waals surface area contributed by atoms with E-state index in [1.807, 2.05) is 18.2 Å². The molecule has 1 aliphatic rings. The van der Waals surface area contributed by atoms with Crippen LogP contribution in [0.3, 0.4) is 0 Å². The summed E-state index contributed by atoms with van der Waals surface area (Å²) in [5.74, 6) is 2.29. The molecule has 0 saturated carbocycles. The van der Waals surface area contributed by atoms with Crippen LogP contribution in [-0.4, -0.2) is 45.0 Å². The van der Waals surface area contributed by atoms with Gasteiger partial charge in [-0.2, -0.15) is 0 Å². The molecule has 0 aliphatic carbocycles. The Bertz CT molecular complexity index is 490. The minimum absolute atomic E-state index is 0.113. The third-order valence-corrected chi connectivity index (χ3v) is 4.66. The average Bonchev–Trinajstić information content (AvgIpc) is 3.06. The number of nitrogens with one attached hydrogen (secondary N) is 2. The van der Waals surface area contributed by atoms with Crippen LogP contribution in [0.15, 0.2) is 23.1 Å². The maximum Gasteiger partial charge on any atom is 0.220 e. The topological polar surface area (TPSA) is 59.6 Å². The van der Waals surface area contributed by atoms with Crippen molar-refractivity contribution in [1.82, 2.24) is 10.6 Å². The lowest BCUT2D eigenvalue weighted by atomic mass is 10.2. The Balaban J connectivity index is 1.70. The SMILES string of the molecule is COc1ccc(SCCC(=O)NCC2CCCN2)cc1OC. The molecular weight excluding hydrogens is 300 g/mol. The number of thioether (sulfide) groups is 1. The molecule has 0 spiro atoms. The van der Waals surface area contributed by atoms with E-state index in [0.717, 1.165) is 30.2 Å². The number of hydrogen-bond donors (Lipinski definition) is 2. The Morgan fingerprint density at radius 1 is 1.36 bits per heavy atom. The van der Waals surface area contributed by atoms with Crippen LogP contribution in [0.1, 0.15) is 19.3 Å². The van der Waals surface area contributed by atoms with Gasteiger partial charge in [-0.05, 0) is 37.6 Å². The lowest BCUT2D eigenvalue weighted by Crippen LogP contribution is -2.37. The van der Waals surface area contributed by atoms with E-state index in [1.165, 1.54) is 6.42 Å². The minimum Gasteiger partial charge on any atom is -0.493 e. The molecule has 0 bridgehead atoms. The van der Waals surface area contributed by atoms with E-state index in [1.54, 1.807) is 26.0 Å². The van der Waals surface area contributed by atoms with Gasteiger partial charge >= 0.3 is 0 Å². The van der Waals surface area contributed by atoms with E-state index in [2.05, 4.69) is 10.6 Å². The van der Waals surface area contributed by atoms with Crippen LogP contribution in [-0.2, 0) is 4.79 Å². The standard InChI is InChI=1S/C16H24N2O3S/c1-20-14-6-5-13(10-15(14)21-2)22-9-7-16(19)18-11-12-4-3-8-17-12/h5-6,10,12,17H,3-4,7-9,11H2,1-2H3,(H,18,19). The highest BCUT2D eigenvalue weighted by Crippen LogP contribution is 2.31. The molecule has 5 nitrogen and oxygen atoms in total. The van der Waals surface area contributed by atoms with Gasteiger partial charge in [0.05, 0.1) is 14.2 Å². The molecule has 1 heterocycles. The van der Waals surface area contributed by atoms with Crippen molar-refractivity contribution < 1.29 is 14.3 Å². The van der Waals surface area contributed by atoms with Crippen molar-refractivity contribution in [1.29, 1.82) is 0 Å². The van der Waals surface area contributed by atoms with Crippen molar-refractivity contribution in [3.8, 4) is 11.5 Å². The molecule has 1 unspecified atom stereocenters. The Hall–Kier alpha value is -1.40. The summed E-state index contributed by atoms with van der Waals surface area (Å²) in [5.41, 5.74) is 0. The molecule has 1 amide bonds. The van der Waals surface area contributed by atoms with Crippen LogP contribution >= 0.6 is 11.8 Å². The first kappa shape index (κ1) is 17.0. The van der Waals surface area contributed by atoms with E-state index < -0.39 is 0 Å². The first-order valence-electron chi connectivity index (χ1n) is 7.58. The zero-order chi connectivity index (χ0) is 15.8. The predicted octanol–water partition coefficient (Wildman–Crippen LogP) is 2.05. The van der Waals surface area contributed by atoms with Crippen LogP contribution in [0.25, 0.3) is 0 Å². The fraction of sp³-hybridized carbons (Fsp3) is 0.562. The number of benzene rings is 1. The Kier molecular flexibility index (Phi) is 6.86. The summed E-state index contributed by atoms with van der Waals surface area (Å²) in [6, 6.07) is 6.24. The minimum atomic E-state index is 0.113. The van der Waals surface area contributed by atoms with E-state index in [-0.39, 0.29) is 5.91 Å². The molecule has 1 fully saturated rings. The van der Waals surface area contributed by atoms with Crippen molar-refractivity contribution >= 4 is 17.7 Å². The van der Waals surface area contributed by atoms with Gasteiger partial charge in [-0.25, -0.2) is 0 Å². The fourth-order valence-corrected chi connectivity index (χ4v) is 3.30. The van der Waals surface area contributed by atoms with Gasteiger partial charge in [0.1, 0.15) is 0 Å². The molecule has 6 heteroatoms. The molecule has 1 aromatic rings. The second-order valence-electron chi connectivity index (χ2n) is 5.21. The van der Waals surface area contributed by atoms with Gasteiger partial charge < -0.3 is 20.1 Å². The highest BCUT2D eigenvalue weighted by molar-refractivity contribution is 7.99. The summed E-state index contributed by atoms with van der Waals surface area (Å²) >= 11 is 1.64. The molecule has 0 aromatic heterocycles. The van der Waals surface area contributed by atoms with Crippen molar-refractivity contribution in [3.05, 3.63) is 18.2 Å². The second-order valence-corrected chi connectivity index (χ2v) is 6.38. The number of hydrogen-bond acceptors (Lipinski definition) is 5. The number of rotatable bonds is 8. The molecule has 1 saturated heterocycles. The Morgan fingerprint density at radius 3 is 2.86 bits per heavy atom. The lowest BCUT2D eigenvalue weighted by Gasteiger charge is -2.11. The largest absolute Gasteiger partial charge is 0.493 e. The van der Waals surface area contributed by atoms with Crippen molar-refractivity contribution in [3.63, 3.8) is 0 Å². The second kappa shape index (κ2) is 8.90. The molecule has 1 aliphatic heterocycles. The Morgan fingerprint density at radius 2 is 2.18 bits per heavy atom. The summed E-state index contributed by atoms with van der Waals surface area (Å²) in [7, 11) is 3.24. The van der Waals surface area contributed by atoms with E-state index in [9.17, 15) is 4.79 Å². The first-order chi connectivity index (χ1) is 10.7. The van der Waals surface area contributed by atoms with Crippen molar-refractivity contribution in [2.24, 2.45) is 0 Å². The molecule has 0 radical (unpaired) electrons. The van der Waals surface area contributed by atoms with Gasteiger partial charge in [-0.15, -0.1) is 11.8 Å². The number of methoxy groups -OCH3 is 2. The van der Waals surface area contributed by atoms with Crippen LogP contribution in [0.2, 0.25) is 0 Å². The number of ether oxygens (including phenoxy) is 2. The Labute approximate surface area is 136 Å². The van der Waals surface area contributed by atoms with Gasteiger partial charge in [0.2, 0.25) is 5.91 Å². The summed E-state index contributed by atoms with van der Waals surface area (Å²) in [4.78, 5) is 12.9. The van der Waals surface area contributed by atoms with Gasteiger partial charge in [0.15, 0.2) is 11.5 Å². The zero-order valence-electron chi connectivity index (χ0n) is 13.2. The maximum absolute atomic E-state index is 11.8. The molecule has 122 valence electrons. The number of carbonyl (C=O) groups excluding carboxylic acids is 1. The van der Waals surface area contributed by atoms with E-state index >= 15 is 0 Å². The van der Waals surface area contributed by atoms with Gasteiger partial charge in [-0.3, -0.25) is 4.79 Å². The van der Waals surface area contributed by atoms with Gasteiger partial charge in [-0.1, -0.05) is 0 Å². The molecule has 1 aromatic carbocycles. The third-order valence-electron chi connectivity index (χ3n) is 3.66. The molecule has 1 atom stereocenters. The predicted molar refractivity (Wildman–Crippen MR) is 88.9 cm³/mol. The lowest BCUT2D eigenvalue weighted by molar-refractivity contribution is -0.120. The smallest absolute Gasteiger partial charge is 0.220 e. The first-order valence-corrected chi connectivity index (χ1v) is 8.56. The maximum atomic E-state index is 11.8. The highest BCUT2D eigenvalue weighted by Gasteiger charge is 2.14. The number of amides is 1. The molecule has 2 N–H and O–H groups in total. The highest BCUT2D eigenvalue weighted by atomic mass is 32.2. The van der Waals surface area contributed by atoms with Crippen LogP contribution < -0.4 is 20.1 Å². The third kappa shape index (κ3) is 5.10. The summed E-state index contributed by atoms with van der Waals surface area (Å²) in [5, 5.41) is 6.36. The molecule has 2 rings (SSSR count). The van der Waals surface area contributed by atoms with Crippen LogP contribution in [0.4, 0.5) is 0 Å². The summed E-state index contributed by atoms with van der Waals surface area (Å²) in [6.07, 6.45) is 2.88. The molecule has 22 heavy (non-hydrogen) atoms. The van der Waals surface area contributed by atoms with Crippen LogP contribution in [0, 0.1) is 0 Å². The summed E-state index contributed by atoms with van der Waals surface area (Å²) < 4.78 is 10.5. The quantitative estimate of drug-likeness (QED) is 0.717. The van der Waals surface area contributed by atoms with Crippen molar-refractivity contribution in [2.75, 3.05) is 33.1 Å². The normalized spacial score (nSPS) is 17.3. The fourth-order valence-electron chi connectivity index (χ4n) is 2.42. The van der Waals surface area contributed by atoms with Crippen LogP contribution in [0.5, 0.6) is 11.5 Å². The van der Waals surface area contributed by atoms with E-state index in [0.29, 0.717) is 24.0 Å².